The van der Waals surface area contributed by atoms with Crippen molar-refractivity contribution in [3.63, 3.8) is 0 Å². The van der Waals surface area contributed by atoms with E-state index in [0.29, 0.717) is 18.2 Å². The Labute approximate surface area is 138 Å². The van der Waals surface area contributed by atoms with Gasteiger partial charge in [-0.1, -0.05) is 43.9 Å². The zero-order valence-corrected chi connectivity index (χ0v) is 13.8. The van der Waals surface area contributed by atoms with Crippen LogP contribution >= 0.6 is 12.4 Å². The Morgan fingerprint density at radius 2 is 1.77 bits per heavy atom. The van der Waals surface area contributed by atoms with E-state index in [1.165, 1.54) is 44.6 Å². The van der Waals surface area contributed by atoms with Crippen LogP contribution in [0.2, 0.25) is 0 Å². The highest BCUT2D eigenvalue weighted by molar-refractivity contribution is 5.85. The molecule has 1 aromatic rings. The van der Waals surface area contributed by atoms with Crippen molar-refractivity contribution in [2.75, 3.05) is 13.1 Å². The zero-order valence-electron chi connectivity index (χ0n) is 12.9. The first kappa shape index (κ1) is 18.9. The molecule has 2 rings (SSSR count). The Hall–Kier alpha value is -1.13. The molecule has 22 heavy (non-hydrogen) atoms. The summed E-state index contributed by atoms with van der Waals surface area (Å²) < 4.78 is 13.4. The van der Waals surface area contributed by atoms with Crippen LogP contribution < -0.4 is 10.6 Å². The topological polar surface area (TPSA) is 41.1 Å². The van der Waals surface area contributed by atoms with Gasteiger partial charge in [0.1, 0.15) is 5.82 Å². The summed E-state index contributed by atoms with van der Waals surface area (Å²) in [6, 6.07) is 7.01. The quantitative estimate of drug-likeness (QED) is 0.622. The highest BCUT2D eigenvalue weighted by Gasteiger charge is 2.11. The van der Waals surface area contributed by atoms with Gasteiger partial charge < -0.3 is 10.6 Å². The summed E-state index contributed by atoms with van der Waals surface area (Å²) in [6.45, 7) is 1.39. The van der Waals surface area contributed by atoms with Gasteiger partial charge in [0.15, 0.2) is 0 Å². The molecule has 1 aliphatic rings. The summed E-state index contributed by atoms with van der Waals surface area (Å²) in [5.41, 5.74) is 0.451. The summed E-state index contributed by atoms with van der Waals surface area (Å²) in [7, 11) is 0. The summed E-state index contributed by atoms with van der Waals surface area (Å²) in [5, 5.41) is 6.35. The molecule has 1 amide bonds. The van der Waals surface area contributed by atoms with Crippen LogP contribution in [0.4, 0.5) is 4.39 Å². The van der Waals surface area contributed by atoms with Crippen molar-refractivity contribution in [3.8, 4) is 0 Å². The summed E-state index contributed by atoms with van der Waals surface area (Å²) in [5.74, 6) is -0.438. The minimum absolute atomic E-state index is 0. The summed E-state index contributed by atoms with van der Waals surface area (Å²) in [6.07, 6.45) is 7.88. The van der Waals surface area contributed by atoms with Crippen molar-refractivity contribution in [3.05, 3.63) is 35.6 Å². The highest BCUT2D eigenvalue weighted by Crippen LogP contribution is 2.16. The molecule has 0 atom stereocenters. The van der Waals surface area contributed by atoms with Gasteiger partial charge in [0, 0.05) is 19.1 Å². The van der Waals surface area contributed by atoms with Gasteiger partial charge in [0.2, 0.25) is 5.91 Å². The fourth-order valence-corrected chi connectivity index (χ4v) is 2.84. The summed E-state index contributed by atoms with van der Waals surface area (Å²) >= 11 is 0. The maximum atomic E-state index is 13.4. The Bertz CT molecular complexity index is 448. The van der Waals surface area contributed by atoms with E-state index in [1.807, 2.05) is 0 Å². The van der Waals surface area contributed by atoms with Crippen LogP contribution in [-0.4, -0.2) is 25.0 Å². The van der Waals surface area contributed by atoms with Crippen molar-refractivity contribution < 1.29 is 9.18 Å². The molecule has 0 aromatic heterocycles. The van der Waals surface area contributed by atoms with Crippen molar-refractivity contribution in [1.82, 2.24) is 10.6 Å². The minimum atomic E-state index is -0.316. The lowest BCUT2D eigenvalue weighted by molar-refractivity contribution is -0.120. The second kappa shape index (κ2) is 10.6. The largest absolute Gasteiger partial charge is 0.355 e. The maximum absolute atomic E-state index is 13.4. The van der Waals surface area contributed by atoms with Gasteiger partial charge in [-0.05, 0) is 24.5 Å². The van der Waals surface area contributed by atoms with Gasteiger partial charge in [-0.15, -0.1) is 12.4 Å². The van der Waals surface area contributed by atoms with Crippen LogP contribution in [0.1, 0.15) is 44.1 Å². The second-order valence-electron chi connectivity index (χ2n) is 5.76. The molecule has 0 spiro atoms. The van der Waals surface area contributed by atoms with Crippen molar-refractivity contribution in [2.45, 2.75) is 51.0 Å². The van der Waals surface area contributed by atoms with Crippen LogP contribution in [-0.2, 0) is 11.2 Å². The summed E-state index contributed by atoms with van der Waals surface area (Å²) in [4.78, 5) is 11.8. The SMILES string of the molecule is Cl.O=C(Cc1ccccc1F)NCCNC1CCCCCC1. The number of carbonyl (C=O) groups is 1. The fraction of sp³-hybridized carbons (Fsp3) is 0.588. The molecule has 0 aliphatic heterocycles. The second-order valence-corrected chi connectivity index (χ2v) is 5.76. The third kappa shape index (κ3) is 6.75. The van der Waals surface area contributed by atoms with E-state index >= 15 is 0 Å². The minimum Gasteiger partial charge on any atom is -0.355 e. The first-order valence-electron chi connectivity index (χ1n) is 7.99. The van der Waals surface area contributed by atoms with E-state index < -0.39 is 0 Å². The number of benzene rings is 1. The molecule has 0 unspecified atom stereocenters. The van der Waals surface area contributed by atoms with E-state index in [4.69, 9.17) is 0 Å². The number of nitrogens with one attached hydrogen (secondary N) is 2. The molecule has 0 saturated heterocycles. The van der Waals surface area contributed by atoms with Gasteiger partial charge in [-0.2, -0.15) is 0 Å². The molecular formula is C17H26ClFN2O. The Morgan fingerprint density at radius 1 is 1.09 bits per heavy atom. The average molecular weight is 329 g/mol. The van der Waals surface area contributed by atoms with Gasteiger partial charge in [-0.3, -0.25) is 4.79 Å². The first-order valence-corrected chi connectivity index (χ1v) is 7.99. The fourth-order valence-electron chi connectivity index (χ4n) is 2.84. The van der Waals surface area contributed by atoms with Crippen LogP contribution in [0.15, 0.2) is 24.3 Å². The van der Waals surface area contributed by atoms with E-state index in [1.54, 1.807) is 18.2 Å². The Balaban J connectivity index is 0.00000242. The number of halogens is 2. The average Bonchev–Trinajstić information content (AvgIpc) is 2.75. The van der Waals surface area contributed by atoms with E-state index in [0.717, 1.165) is 6.54 Å². The highest BCUT2D eigenvalue weighted by atomic mass is 35.5. The molecular weight excluding hydrogens is 303 g/mol. The molecule has 3 nitrogen and oxygen atoms in total. The maximum Gasteiger partial charge on any atom is 0.224 e. The van der Waals surface area contributed by atoms with Gasteiger partial charge in [-0.25, -0.2) is 4.39 Å². The number of hydrogen-bond acceptors (Lipinski definition) is 2. The Morgan fingerprint density at radius 3 is 2.45 bits per heavy atom. The molecule has 2 N–H and O–H groups in total. The van der Waals surface area contributed by atoms with Gasteiger partial charge in [0.25, 0.3) is 0 Å². The third-order valence-corrected chi connectivity index (χ3v) is 4.04. The number of hydrogen-bond donors (Lipinski definition) is 2. The molecule has 0 bridgehead atoms. The molecule has 1 saturated carbocycles. The molecule has 1 aromatic carbocycles. The molecule has 0 heterocycles. The molecule has 1 fully saturated rings. The lowest BCUT2D eigenvalue weighted by Crippen LogP contribution is -2.37. The van der Waals surface area contributed by atoms with Crippen molar-refractivity contribution in [1.29, 1.82) is 0 Å². The zero-order chi connectivity index (χ0) is 14.9. The predicted molar refractivity (Wildman–Crippen MR) is 89.9 cm³/mol. The third-order valence-electron chi connectivity index (χ3n) is 4.04. The van der Waals surface area contributed by atoms with Crippen LogP contribution in [0.3, 0.4) is 0 Å². The standard InChI is InChI=1S/C17H25FN2O.ClH/c18-16-10-6-5-7-14(16)13-17(21)20-12-11-19-15-8-3-1-2-4-9-15;/h5-7,10,15,19H,1-4,8-9,11-13H2,(H,20,21);1H. The molecule has 0 radical (unpaired) electrons. The van der Waals surface area contributed by atoms with Gasteiger partial charge in [0.05, 0.1) is 6.42 Å². The monoisotopic (exact) mass is 328 g/mol. The van der Waals surface area contributed by atoms with Crippen LogP contribution in [0.5, 0.6) is 0 Å². The van der Waals surface area contributed by atoms with Crippen LogP contribution in [0.25, 0.3) is 0 Å². The van der Waals surface area contributed by atoms with E-state index in [9.17, 15) is 9.18 Å². The Kier molecular flexibility index (Phi) is 9.09. The number of amides is 1. The number of rotatable bonds is 6. The van der Waals surface area contributed by atoms with Crippen molar-refractivity contribution in [2.24, 2.45) is 0 Å². The van der Waals surface area contributed by atoms with E-state index in [-0.39, 0.29) is 30.6 Å². The smallest absolute Gasteiger partial charge is 0.224 e. The first-order chi connectivity index (χ1) is 10.3. The molecule has 1 aliphatic carbocycles. The van der Waals surface area contributed by atoms with Crippen molar-refractivity contribution >= 4 is 18.3 Å². The van der Waals surface area contributed by atoms with Gasteiger partial charge >= 0.3 is 0 Å². The predicted octanol–water partition coefficient (Wildman–Crippen LogP) is 3.22. The van der Waals surface area contributed by atoms with E-state index in [2.05, 4.69) is 10.6 Å². The normalized spacial score (nSPS) is 15.7. The lowest BCUT2D eigenvalue weighted by Gasteiger charge is -2.16. The molecule has 5 heteroatoms. The molecule has 124 valence electrons. The van der Waals surface area contributed by atoms with Crippen LogP contribution in [0, 0.1) is 5.82 Å². The number of carbonyl (C=O) groups excluding carboxylic acids is 1. The lowest BCUT2D eigenvalue weighted by atomic mass is 10.1.